The summed E-state index contributed by atoms with van der Waals surface area (Å²) in [5.41, 5.74) is 2.60. The van der Waals surface area contributed by atoms with Crippen molar-refractivity contribution in [2.75, 3.05) is 25.0 Å². The largest absolute Gasteiger partial charge is 0.374 e. The molecule has 1 aromatic heterocycles. The SMILES string of the molecule is CN1CC[C@@H](CNC(=O)c2n[nH]c3ccccc3c2=O)c2ccccc21. The van der Waals surface area contributed by atoms with Crippen LogP contribution in [0.4, 0.5) is 5.69 Å². The number of aromatic nitrogens is 2. The predicted octanol–water partition coefficient (Wildman–Crippen LogP) is 2.28. The molecule has 1 aliphatic rings. The van der Waals surface area contributed by atoms with Crippen LogP contribution in [0.2, 0.25) is 0 Å². The van der Waals surface area contributed by atoms with Crippen molar-refractivity contribution in [2.24, 2.45) is 0 Å². The van der Waals surface area contributed by atoms with E-state index < -0.39 is 5.91 Å². The van der Waals surface area contributed by atoms with E-state index in [1.807, 2.05) is 18.2 Å². The Labute approximate surface area is 150 Å². The Balaban J connectivity index is 1.54. The Morgan fingerprint density at radius 1 is 1.23 bits per heavy atom. The molecule has 2 heterocycles. The molecule has 0 bridgehead atoms. The summed E-state index contributed by atoms with van der Waals surface area (Å²) in [7, 11) is 2.08. The lowest BCUT2D eigenvalue weighted by Crippen LogP contribution is -2.36. The Hall–Kier alpha value is -3.15. The van der Waals surface area contributed by atoms with Crippen molar-refractivity contribution in [3.63, 3.8) is 0 Å². The van der Waals surface area contributed by atoms with E-state index in [0.29, 0.717) is 17.4 Å². The van der Waals surface area contributed by atoms with Gasteiger partial charge in [0.2, 0.25) is 5.43 Å². The molecule has 0 saturated carbocycles. The van der Waals surface area contributed by atoms with Gasteiger partial charge in [-0.3, -0.25) is 14.7 Å². The van der Waals surface area contributed by atoms with E-state index in [0.717, 1.165) is 13.0 Å². The molecule has 0 unspecified atom stereocenters. The van der Waals surface area contributed by atoms with Crippen molar-refractivity contribution >= 4 is 22.5 Å². The van der Waals surface area contributed by atoms with E-state index in [1.165, 1.54) is 11.3 Å². The molecule has 2 N–H and O–H groups in total. The highest BCUT2D eigenvalue weighted by Gasteiger charge is 2.24. The number of para-hydroxylation sites is 2. The number of fused-ring (bicyclic) bond motifs is 2. The Kier molecular flexibility index (Phi) is 4.16. The van der Waals surface area contributed by atoms with Crippen LogP contribution in [-0.2, 0) is 0 Å². The van der Waals surface area contributed by atoms with E-state index in [4.69, 9.17) is 0 Å². The molecule has 1 aliphatic heterocycles. The van der Waals surface area contributed by atoms with E-state index in [9.17, 15) is 9.59 Å². The fraction of sp³-hybridized carbons (Fsp3) is 0.250. The van der Waals surface area contributed by atoms with Crippen LogP contribution >= 0.6 is 0 Å². The van der Waals surface area contributed by atoms with E-state index >= 15 is 0 Å². The van der Waals surface area contributed by atoms with Crippen LogP contribution in [0.25, 0.3) is 10.9 Å². The van der Waals surface area contributed by atoms with Gasteiger partial charge in [0.05, 0.1) is 5.52 Å². The molecule has 4 rings (SSSR count). The Bertz CT molecular complexity index is 1030. The van der Waals surface area contributed by atoms with Crippen molar-refractivity contribution in [2.45, 2.75) is 12.3 Å². The summed E-state index contributed by atoms with van der Waals surface area (Å²) < 4.78 is 0. The maximum atomic E-state index is 12.5. The highest BCUT2D eigenvalue weighted by atomic mass is 16.2. The number of H-pyrrole nitrogens is 1. The molecule has 0 radical (unpaired) electrons. The monoisotopic (exact) mass is 348 g/mol. The molecule has 2 aromatic carbocycles. The topological polar surface area (TPSA) is 78.1 Å². The molecule has 1 atom stereocenters. The minimum absolute atomic E-state index is 0.0927. The predicted molar refractivity (Wildman–Crippen MR) is 102 cm³/mol. The van der Waals surface area contributed by atoms with Crippen LogP contribution in [0.1, 0.15) is 28.4 Å². The van der Waals surface area contributed by atoms with Crippen LogP contribution in [0.3, 0.4) is 0 Å². The second-order valence-corrected chi connectivity index (χ2v) is 6.62. The lowest BCUT2D eigenvalue weighted by Gasteiger charge is -2.33. The summed E-state index contributed by atoms with van der Waals surface area (Å²) >= 11 is 0. The third kappa shape index (κ3) is 2.83. The summed E-state index contributed by atoms with van der Waals surface area (Å²) in [6, 6.07) is 15.3. The number of nitrogens with zero attached hydrogens (tertiary/aromatic N) is 2. The first-order chi connectivity index (χ1) is 12.6. The number of benzene rings is 2. The van der Waals surface area contributed by atoms with Gasteiger partial charge in [-0.25, -0.2) is 0 Å². The summed E-state index contributed by atoms with van der Waals surface area (Å²) in [5.74, 6) is -0.209. The van der Waals surface area contributed by atoms with E-state index in [1.54, 1.807) is 18.2 Å². The van der Waals surface area contributed by atoms with Crippen LogP contribution in [0.5, 0.6) is 0 Å². The van der Waals surface area contributed by atoms with Gasteiger partial charge >= 0.3 is 0 Å². The van der Waals surface area contributed by atoms with Gasteiger partial charge in [-0.1, -0.05) is 30.3 Å². The number of carbonyl (C=O) groups excluding carboxylic acids is 1. The second-order valence-electron chi connectivity index (χ2n) is 6.62. The Morgan fingerprint density at radius 2 is 2.00 bits per heavy atom. The van der Waals surface area contributed by atoms with Gasteiger partial charge < -0.3 is 10.2 Å². The minimum atomic E-state index is -0.437. The highest BCUT2D eigenvalue weighted by Crippen LogP contribution is 2.33. The maximum absolute atomic E-state index is 12.5. The van der Waals surface area contributed by atoms with Crippen LogP contribution in [-0.4, -0.2) is 36.2 Å². The molecule has 3 aromatic rings. The molecular formula is C20H20N4O2. The average Bonchev–Trinajstić information content (AvgIpc) is 2.68. The zero-order chi connectivity index (χ0) is 18.1. The van der Waals surface area contributed by atoms with Gasteiger partial charge in [-0.15, -0.1) is 0 Å². The molecule has 1 amide bonds. The molecule has 26 heavy (non-hydrogen) atoms. The molecule has 6 heteroatoms. The standard InChI is InChI=1S/C20H20N4O2/c1-24-11-10-13(14-6-3-5-9-17(14)24)12-21-20(26)18-19(25)15-7-2-4-8-16(15)22-23-18/h2-9,13H,10-12H2,1H3,(H,21,26)(H,22,25)/t13-/m0/s1. The highest BCUT2D eigenvalue weighted by molar-refractivity contribution is 5.95. The quantitative estimate of drug-likeness (QED) is 0.761. The summed E-state index contributed by atoms with van der Waals surface area (Å²) in [5, 5.41) is 10.1. The van der Waals surface area contributed by atoms with Crippen LogP contribution < -0.4 is 15.6 Å². The number of rotatable bonds is 3. The van der Waals surface area contributed by atoms with E-state index in [2.05, 4.69) is 39.6 Å². The van der Waals surface area contributed by atoms with Gasteiger partial charge in [-0.05, 0) is 30.2 Å². The zero-order valence-electron chi connectivity index (χ0n) is 14.5. The molecular weight excluding hydrogens is 328 g/mol. The number of carbonyl (C=O) groups is 1. The molecule has 0 fully saturated rings. The summed E-state index contributed by atoms with van der Waals surface area (Å²) in [4.78, 5) is 27.3. The molecule has 6 nitrogen and oxygen atoms in total. The van der Waals surface area contributed by atoms with Gasteiger partial charge in [-0.2, -0.15) is 5.10 Å². The zero-order valence-corrected chi connectivity index (χ0v) is 14.5. The summed E-state index contributed by atoms with van der Waals surface area (Å²) in [6.07, 6.45) is 0.954. The van der Waals surface area contributed by atoms with Gasteiger partial charge in [0.25, 0.3) is 5.91 Å². The lowest BCUT2D eigenvalue weighted by atomic mass is 9.90. The first-order valence-corrected chi connectivity index (χ1v) is 8.71. The van der Waals surface area contributed by atoms with Crippen LogP contribution in [0, 0.1) is 0 Å². The summed E-state index contributed by atoms with van der Waals surface area (Å²) in [6.45, 7) is 1.42. The third-order valence-electron chi connectivity index (χ3n) is 5.00. The normalized spacial score (nSPS) is 16.3. The van der Waals surface area contributed by atoms with E-state index in [-0.39, 0.29) is 17.0 Å². The van der Waals surface area contributed by atoms with Crippen molar-refractivity contribution in [1.29, 1.82) is 0 Å². The number of amides is 1. The number of anilines is 1. The van der Waals surface area contributed by atoms with Crippen molar-refractivity contribution in [3.8, 4) is 0 Å². The van der Waals surface area contributed by atoms with Crippen molar-refractivity contribution in [1.82, 2.24) is 15.5 Å². The van der Waals surface area contributed by atoms with Gasteiger partial charge in [0, 0.05) is 37.1 Å². The number of aromatic amines is 1. The maximum Gasteiger partial charge on any atom is 0.275 e. The molecule has 0 spiro atoms. The average molecular weight is 348 g/mol. The van der Waals surface area contributed by atoms with Crippen molar-refractivity contribution < 1.29 is 4.79 Å². The first kappa shape index (κ1) is 16.3. The number of hydrogen-bond donors (Lipinski definition) is 2. The number of nitrogens with one attached hydrogen (secondary N) is 2. The first-order valence-electron chi connectivity index (χ1n) is 8.71. The Morgan fingerprint density at radius 3 is 2.88 bits per heavy atom. The lowest BCUT2D eigenvalue weighted by molar-refractivity contribution is 0.0943. The number of hydrogen-bond acceptors (Lipinski definition) is 4. The smallest absolute Gasteiger partial charge is 0.275 e. The van der Waals surface area contributed by atoms with Crippen molar-refractivity contribution in [3.05, 3.63) is 70.0 Å². The van der Waals surface area contributed by atoms with Gasteiger partial charge in [0.1, 0.15) is 0 Å². The fourth-order valence-corrected chi connectivity index (χ4v) is 3.54. The van der Waals surface area contributed by atoms with Crippen LogP contribution in [0.15, 0.2) is 53.3 Å². The minimum Gasteiger partial charge on any atom is -0.374 e. The molecule has 0 saturated heterocycles. The second kappa shape index (κ2) is 6.63. The molecule has 132 valence electrons. The third-order valence-corrected chi connectivity index (χ3v) is 5.00. The fourth-order valence-electron chi connectivity index (χ4n) is 3.54. The molecule has 0 aliphatic carbocycles. The van der Waals surface area contributed by atoms with Gasteiger partial charge in [0.15, 0.2) is 5.69 Å².